The van der Waals surface area contributed by atoms with Crippen molar-refractivity contribution in [3.63, 3.8) is 0 Å². The number of thiazole rings is 1. The van der Waals surface area contributed by atoms with Crippen LogP contribution in [0.4, 0.5) is 0 Å². The van der Waals surface area contributed by atoms with Crippen LogP contribution in [-0.4, -0.2) is 17.4 Å². The highest BCUT2D eigenvalue weighted by Gasteiger charge is 2.50. The van der Waals surface area contributed by atoms with E-state index in [4.69, 9.17) is 5.26 Å². The Morgan fingerprint density at radius 1 is 1.81 bits per heavy atom. The van der Waals surface area contributed by atoms with Crippen molar-refractivity contribution in [1.82, 2.24) is 10.3 Å². The Kier molecular flexibility index (Phi) is 2.92. The number of nitriles is 1. The van der Waals surface area contributed by atoms with Crippen LogP contribution in [0.1, 0.15) is 30.7 Å². The van der Waals surface area contributed by atoms with Gasteiger partial charge in [0.05, 0.1) is 11.1 Å². The Balaban J connectivity index is 1.85. The quantitative estimate of drug-likeness (QED) is 0.863. The van der Waals surface area contributed by atoms with Crippen LogP contribution in [0, 0.1) is 16.7 Å². The third-order valence-corrected chi connectivity index (χ3v) is 3.85. The van der Waals surface area contributed by atoms with E-state index in [0.29, 0.717) is 19.4 Å². The van der Waals surface area contributed by atoms with Crippen LogP contribution in [0.2, 0.25) is 0 Å². The zero-order chi connectivity index (χ0) is 11.6. The molecule has 0 spiro atoms. The van der Waals surface area contributed by atoms with Gasteiger partial charge in [-0.2, -0.15) is 5.26 Å². The number of carbonyl (C=O) groups is 1. The minimum Gasteiger partial charge on any atom is -0.354 e. The molecule has 84 valence electrons. The summed E-state index contributed by atoms with van der Waals surface area (Å²) in [5.41, 5.74) is -0.720. The number of nitrogens with zero attached hydrogens (tertiary/aromatic N) is 2. The van der Waals surface area contributed by atoms with Crippen molar-refractivity contribution in [2.24, 2.45) is 5.41 Å². The SMILES string of the molecule is CC(CNC(=O)C1(C#N)CC1)c1nccs1. The van der Waals surface area contributed by atoms with Gasteiger partial charge in [-0.25, -0.2) is 4.98 Å². The highest BCUT2D eigenvalue weighted by Crippen LogP contribution is 2.45. The molecule has 0 aromatic carbocycles. The second-order valence-electron chi connectivity index (χ2n) is 4.18. The maximum absolute atomic E-state index is 11.7. The van der Waals surface area contributed by atoms with E-state index in [1.54, 1.807) is 17.5 Å². The summed E-state index contributed by atoms with van der Waals surface area (Å²) in [6.45, 7) is 2.57. The number of carbonyl (C=O) groups excluding carboxylic acids is 1. The van der Waals surface area contributed by atoms with E-state index in [1.807, 2.05) is 12.3 Å². The van der Waals surface area contributed by atoms with Crippen molar-refractivity contribution in [2.45, 2.75) is 25.7 Å². The summed E-state index contributed by atoms with van der Waals surface area (Å²) >= 11 is 1.58. The fourth-order valence-corrected chi connectivity index (χ4v) is 2.19. The van der Waals surface area contributed by atoms with Crippen molar-refractivity contribution in [2.75, 3.05) is 6.54 Å². The van der Waals surface area contributed by atoms with Crippen LogP contribution >= 0.6 is 11.3 Å². The molecule has 0 radical (unpaired) electrons. The number of hydrogen-bond acceptors (Lipinski definition) is 4. The smallest absolute Gasteiger partial charge is 0.240 e. The molecule has 1 aromatic heterocycles. The highest BCUT2D eigenvalue weighted by molar-refractivity contribution is 7.09. The summed E-state index contributed by atoms with van der Waals surface area (Å²) in [6.07, 6.45) is 3.15. The summed E-state index contributed by atoms with van der Waals surface area (Å²) in [7, 11) is 0. The van der Waals surface area contributed by atoms with E-state index in [9.17, 15) is 4.79 Å². The second kappa shape index (κ2) is 4.22. The largest absolute Gasteiger partial charge is 0.354 e. The van der Waals surface area contributed by atoms with Crippen LogP contribution < -0.4 is 5.32 Å². The van der Waals surface area contributed by atoms with Gasteiger partial charge in [0.1, 0.15) is 5.41 Å². The van der Waals surface area contributed by atoms with Gasteiger partial charge >= 0.3 is 0 Å². The zero-order valence-corrected chi connectivity index (χ0v) is 9.88. The lowest BCUT2D eigenvalue weighted by atomic mass is 10.1. The average molecular weight is 235 g/mol. The lowest BCUT2D eigenvalue weighted by Crippen LogP contribution is -2.33. The maximum atomic E-state index is 11.7. The molecule has 1 heterocycles. The second-order valence-corrected chi connectivity index (χ2v) is 5.10. The summed E-state index contributed by atoms with van der Waals surface area (Å²) in [5.74, 6) is 0.0804. The standard InChI is InChI=1S/C11H13N3OS/c1-8(9-13-4-5-16-9)6-14-10(15)11(7-12)2-3-11/h4-5,8H,2-3,6H2,1H3,(H,14,15). The topological polar surface area (TPSA) is 65.8 Å². The first-order chi connectivity index (χ1) is 7.68. The van der Waals surface area contributed by atoms with Crippen LogP contribution in [-0.2, 0) is 4.79 Å². The predicted molar refractivity (Wildman–Crippen MR) is 60.8 cm³/mol. The van der Waals surface area contributed by atoms with Crippen LogP contribution in [0.15, 0.2) is 11.6 Å². The molecule has 2 rings (SSSR count). The fraction of sp³-hybridized carbons (Fsp3) is 0.545. The van der Waals surface area contributed by atoms with Gasteiger partial charge in [0.25, 0.3) is 0 Å². The molecule has 1 aliphatic carbocycles. The molecule has 1 N–H and O–H groups in total. The minimum absolute atomic E-state index is 0.126. The molecule has 0 saturated heterocycles. The third kappa shape index (κ3) is 2.07. The van der Waals surface area contributed by atoms with Gasteiger partial charge in [-0.15, -0.1) is 11.3 Å². The number of amides is 1. The molecule has 0 aliphatic heterocycles. The molecular weight excluding hydrogens is 222 g/mol. The van der Waals surface area contributed by atoms with Crippen LogP contribution in [0.25, 0.3) is 0 Å². The first-order valence-electron chi connectivity index (χ1n) is 5.27. The molecule has 1 saturated carbocycles. The summed E-state index contributed by atoms with van der Waals surface area (Å²) in [6, 6.07) is 2.09. The van der Waals surface area contributed by atoms with Crippen molar-refractivity contribution in [3.05, 3.63) is 16.6 Å². The Bertz CT molecular complexity index is 417. The molecule has 1 amide bonds. The number of nitrogens with one attached hydrogen (secondary N) is 1. The Hall–Kier alpha value is -1.41. The molecular formula is C11H13N3OS. The molecule has 1 unspecified atom stereocenters. The van der Waals surface area contributed by atoms with Gasteiger partial charge in [0.2, 0.25) is 5.91 Å². The van der Waals surface area contributed by atoms with E-state index < -0.39 is 5.41 Å². The monoisotopic (exact) mass is 235 g/mol. The average Bonchev–Trinajstić information content (AvgIpc) is 2.91. The Morgan fingerprint density at radius 3 is 3.06 bits per heavy atom. The molecule has 1 aromatic rings. The molecule has 1 atom stereocenters. The molecule has 0 bridgehead atoms. The minimum atomic E-state index is -0.720. The normalized spacial score (nSPS) is 18.5. The predicted octanol–water partition coefficient (Wildman–Crippen LogP) is 1.67. The van der Waals surface area contributed by atoms with Crippen LogP contribution in [0.5, 0.6) is 0 Å². The Morgan fingerprint density at radius 2 is 2.56 bits per heavy atom. The fourth-order valence-electron chi connectivity index (χ4n) is 1.49. The number of aromatic nitrogens is 1. The lowest BCUT2D eigenvalue weighted by Gasteiger charge is -2.11. The number of hydrogen-bond donors (Lipinski definition) is 1. The van der Waals surface area contributed by atoms with Crippen LogP contribution in [0.3, 0.4) is 0 Å². The van der Waals surface area contributed by atoms with Gasteiger partial charge < -0.3 is 5.32 Å². The van der Waals surface area contributed by atoms with Crippen molar-refractivity contribution < 1.29 is 4.79 Å². The highest BCUT2D eigenvalue weighted by atomic mass is 32.1. The van der Waals surface area contributed by atoms with Gasteiger partial charge in [-0.05, 0) is 12.8 Å². The summed E-state index contributed by atoms with van der Waals surface area (Å²) < 4.78 is 0. The van der Waals surface area contributed by atoms with E-state index in [-0.39, 0.29) is 11.8 Å². The van der Waals surface area contributed by atoms with Crippen molar-refractivity contribution in [3.8, 4) is 6.07 Å². The van der Waals surface area contributed by atoms with E-state index in [1.165, 1.54) is 0 Å². The molecule has 1 aliphatic rings. The van der Waals surface area contributed by atoms with Gasteiger partial charge in [0.15, 0.2) is 0 Å². The van der Waals surface area contributed by atoms with Crippen molar-refractivity contribution >= 4 is 17.2 Å². The maximum Gasteiger partial charge on any atom is 0.240 e. The number of rotatable bonds is 4. The summed E-state index contributed by atoms with van der Waals surface area (Å²) in [5, 5.41) is 14.6. The van der Waals surface area contributed by atoms with Gasteiger partial charge in [0, 0.05) is 24.0 Å². The first-order valence-corrected chi connectivity index (χ1v) is 6.15. The van der Waals surface area contributed by atoms with Gasteiger partial charge in [-0.1, -0.05) is 6.92 Å². The van der Waals surface area contributed by atoms with Crippen molar-refractivity contribution in [1.29, 1.82) is 5.26 Å². The third-order valence-electron chi connectivity index (χ3n) is 2.84. The summed E-state index contributed by atoms with van der Waals surface area (Å²) in [4.78, 5) is 15.9. The molecule has 5 heteroatoms. The van der Waals surface area contributed by atoms with E-state index in [2.05, 4.69) is 16.4 Å². The zero-order valence-electron chi connectivity index (χ0n) is 9.06. The molecule has 1 fully saturated rings. The Labute approximate surface area is 98.3 Å². The van der Waals surface area contributed by atoms with E-state index >= 15 is 0 Å². The van der Waals surface area contributed by atoms with Gasteiger partial charge in [-0.3, -0.25) is 4.79 Å². The lowest BCUT2D eigenvalue weighted by molar-refractivity contribution is -0.124. The molecule has 16 heavy (non-hydrogen) atoms. The molecule has 4 nitrogen and oxygen atoms in total. The van der Waals surface area contributed by atoms with E-state index in [0.717, 1.165) is 5.01 Å². The first kappa shape index (κ1) is 11.1.